The number of imidazole rings is 1. The summed E-state index contributed by atoms with van der Waals surface area (Å²) in [6, 6.07) is 20.8. The molecule has 0 aliphatic carbocycles. The molecule has 0 bridgehead atoms. The SMILES string of the molecule is C=CCNS(=O)(=O)c1cccc(C(=O)NC(c2ccccc2)c2ccc3nc[nH]c3c2)c1. The van der Waals surface area contributed by atoms with Crippen LogP contribution in [0.5, 0.6) is 0 Å². The number of rotatable bonds is 8. The van der Waals surface area contributed by atoms with Crippen LogP contribution in [0.3, 0.4) is 0 Å². The van der Waals surface area contributed by atoms with E-state index in [1.807, 2.05) is 48.5 Å². The summed E-state index contributed by atoms with van der Waals surface area (Å²) in [6.45, 7) is 3.61. The van der Waals surface area contributed by atoms with Crippen molar-refractivity contribution in [3.8, 4) is 0 Å². The van der Waals surface area contributed by atoms with Crippen LogP contribution in [0.2, 0.25) is 0 Å². The van der Waals surface area contributed by atoms with E-state index < -0.39 is 16.1 Å². The van der Waals surface area contributed by atoms with Gasteiger partial charge in [0.15, 0.2) is 0 Å². The summed E-state index contributed by atoms with van der Waals surface area (Å²) in [5.41, 5.74) is 3.71. The molecular formula is C24H22N4O3S. The third kappa shape index (κ3) is 4.61. The van der Waals surface area contributed by atoms with Crippen LogP contribution >= 0.6 is 0 Å². The lowest BCUT2D eigenvalue weighted by Crippen LogP contribution is -2.30. The molecule has 1 aromatic heterocycles. The fraction of sp³-hybridized carbons (Fsp3) is 0.0833. The Morgan fingerprint density at radius 2 is 1.84 bits per heavy atom. The highest BCUT2D eigenvalue weighted by atomic mass is 32.2. The quantitative estimate of drug-likeness (QED) is 0.360. The van der Waals surface area contributed by atoms with Crippen molar-refractivity contribution in [1.29, 1.82) is 0 Å². The molecular weight excluding hydrogens is 424 g/mol. The van der Waals surface area contributed by atoms with Crippen LogP contribution in [0.25, 0.3) is 11.0 Å². The number of aromatic nitrogens is 2. The van der Waals surface area contributed by atoms with Gasteiger partial charge in [-0.25, -0.2) is 18.1 Å². The van der Waals surface area contributed by atoms with Crippen LogP contribution in [0.1, 0.15) is 27.5 Å². The van der Waals surface area contributed by atoms with Gasteiger partial charge in [0, 0.05) is 12.1 Å². The standard InChI is InChI=1S/C24H22N4O3S/c1-2-13-27-32(30,31)20-10-6-9-19(14-20)24(29)28-23(17-7-4-3-5-8-17)18-11-12-21-22(15-18)26-16-25-21/h2-12,14-16,23,27H,1,13H2,(H,25,26)(H,28,29). The van der Waals surface area contributed by atoms with E-state index in [9.17, 15) is 13.2 Å². The van der Waals surface area contributed by atoms with Crippen molar-refractivity contribution in [2.24, 2.45) is 0 Å². The molecule has 0 saturated heterocycles. The number of carbonyl (C=O) groups excluding carboxylic acids is 1. The molecule has 0 fully saturated rings. The minimum absolute atomic E-state index is 0.0159. The van der Waals surface area contributed by atoms with Crippen molar-refractivity contribution in [3.63, 3.8) is 0 Å². The maximum Gasteiger partial charge on any atom is 0.252 e. The summed E-state index contributed by atoms with van der Waals surface area (Å²) in [5, 5.41) is 3.04. The largest absolute Gasteiger partial charge is 0.345 e. The van der Waals surface area contributed by atoms with E-state index in [0.29, 0.717) is 0 Å². The summed E-state index contributed by atoms with van der Waals surface area (Å²) < 4.78 is 27.3. The van der Waals surface area contributed by atoms with Gasteiger partial charge in [0.1, 0.15) is 0 Å². The van der Waals surface area contributed by atoms with E-state index >= 15 is 0 Å². The first-order chi connectivity index (χ1) is 15.5. The van der Waals surface area contributed by atoms with Gasteiger partial charge in [-0.05, 0) is 41.5 Å². The second-order valence-corrected chi connectivity index (χ2v) is 8.93. The van der Waals surface area contributed by atoms with Crippen molar-refractivity contribution < 1.29 is 13.2 Å². The fourth-order valence-electron chi connectivity index (χ4n) is 3.41. The van der Waals surface area contributed by atoms with Gasteiger partial charge in [-0.2, -0.15) is 0 Å². The van der Waals surface area contributed by atoms with Gasteiger partial charge in [0.05, 0.1) is 28.3 Å². The molecule has 8 heteroatoms. The molecule has 7 nitrogen and oxygen atoms in total. The highest BCUT2D eigenvalue weighted by Crippen LogP contribution is 2.25. The molecule has 3 N–H and O–H groups in total. The number of aromatic amines is 1. The molecule has 0 spiro atoms. The van der Waals surface area contributed by atoms with Crippen LogP contribution in [0.15, 0.2) is 96.7 Å². The van der Waals surface area contributed by atoms with Crippen molar-refractivity contribution in [3.05, 3.63) is 108 Å². The van der Waals surface area contributed by atoms with Crippen LogP contribution < -0.4 is 10.0 Å². The van der Waals surface area contributed by atoms with Gasteiger partial charge in [0.2, 0.25) is 10.0 Å². The topological polar surface area (TPSA) is 104 Å². The smallest absolute Gasteiger partial charge is 0.252 e. The van der Waals surface area contributed by atoms with Crippen molar-refractivity contribution >= 4 is 27.0 Å². The Morgan fingerprint density at radius 3 is 2.62 bits per heavy atom. The number of fused-ring (bicyclic) bond motifs is 1. The van der Waals surface area contributed by atoms with Crippen LogP contribution in [-0.2, 0) is 10.0 Å². The van der Waals surface area contributed by atoms with Gasteiger partial charge in [-0.15, -0.1) is 6.58 Å². The minimum atomic E-state index is -3.74. The van der Waals surface area contributed by atoms with Gasteiger partial charge in [-0.1, -0.05) is 48.5 Å². The number of hydrogen-bond acceptors (Lipinski definition) is 4. The molecule has 4 aromatic rings. The highest BCUT2D eigenvalue weighted by Gasteiger charge is 2.20. The Bertz CT molecular complexity index is 1360. The predicted molar refractivity (Wildman–Crippen MR) is 124 cm³/mol. The molecule has 0 saturated carbocycles. The first kappa shape index (κ1) is 21.5. The highest BCUT2D eigenvalue weighted by molar-refractivity contribution is 7.89. The lowest BCUT2D eigenvalue weighted by atomic mass is 9.97. The summed E-state index contributed by atoms with van der Waals surface area (Å²) in [5.74, 6) is -0.385. The van der Waals surface area contributed by atoms with E-state index in [0.717, 1.165) is 22.2 Å². The molecule has 4 rings (SSSR count). The monoisotopic (exact) mass is 446 g/mol. The van der Waals surface area contributed by atoms with Gasteiger partial charge < -0.3 is 10.3 Å². The number of hydrogen-bond donors (Lipinski definition) is 3. The van der Waals surface area contributed by atoms with E-state index in [1.54, 1.807) is 18.5 Å². The van der Waals surface area contributed by atoms with Crippen LogP contribution in [-0.4, -0.2) is 30.8 Å². The lowest BCUT2D eigenvalue weighted by molar-refractivity contribution is 0.0942. The number of carbonyl (C=O) groups is 1. The average Bonchev–Trinajstić information content (AvgIpc) is 3.30. The lowest BCUT2D eigenvalue weighted by Gasteiger charge is -2.20. The van der Waals surface area contributed by atoms with Crippen molar-refractivity contribution in [2.75, 3.05) is 6.54 Å². The summed E-state index contributed by atoms with van der Waals surface area (Å²) in [6.07, 6.45) is 3.08. The summed E-state index contributed by atoms with van der Waals surface area (Å²) in [4.78, 5) is 20.5. The number of H-pyrrole nitrogens is 1. The molecule has 3 aromatic carbocycles. The Labute approximate surface area is 186 Å². The normalized spacial score (nSPS) is 12.4. The second-order valence-electron chi connectivity index (χ2n) is 7.16. The number of benzene rings is 3. The molecule has 0 aliphatic heterocycles. The molecule has 1 heterocycles. The maximum atomic E-state index is 13.1. The van der Waals surface area contributed by atoms with E-state index in [1.165, 1.54) is 18.2 Å². The Balaban J connectivity index is 1.66. The van der Waals surface area contributed by atoms with Gasteiger partial charge in [0.25, 0.3) is 5.91 Å². The second kappa shape index (κ2) is 9.17. The van der Waals surface area contributed by atoms with Crippen molar-refractivity contribution in [1.82, 2.24) is 20.0 Å². The van der Waals surface area contributed by atoms with E-state index in [2.05, 4.69) is 26.6 Å². The summed E-state index contributed by atoms with van der Waals surface area (Å²) in [7, 11) is -3.74. The molecule has 162 valence electrons. The molecule has 0 aliphatic rings. The zero-order valence-electron chi connectivity index (χ0n) is 17.2. The molecule has 1 amide bonds. The minimum Gasteiger partial charge on any atom is -0.345 e. The number of sulfonamides is 1. The predicted octanol–water partition coefficient (Wildman–Crippen LogP) is 3.55. The summed E-state index contributed by atoms with van der Waals surface area (Å²) >= 11 is 0. The zero-order chi connectivity index (χ0) is 22.6. The van der Waals surface area contributed by atoms with E-state index in [-0.39, 0.29) is 22.9 Å². The molecule has 1 unspecified atom stereocenters. The van der Waals surface area contributed by atoms with Crippen LogP contribution in [0.4, 0.5) is 0 Å². The third-order valence-electron chi connectivity index (χ3n) is 5.01. The Hall–Kier alpha value is -3.75. The van der Waals surface area contributed by atoms with Crippen molar-refractivity contribution in [2.45, 2.75) is 10.9 Å². The number of amides is 1. The Morgan fingerprint density at radius 1 is 1.03 bits per heavy atom. The van der Waals surface area contributed by atoms with E-state index in [4.69, 9.17) is 0 Å². The molecule has 0 radical (unpaired) electrons. The fourth-order valence-corrected chi connectivity index (χ4v) is 4.45. The number of nitrogens with one attached hydrogen (secondary N) is 3. The molecule has 32 heavy (non-hydrogen) atoms. The van der Waals surface area contributed by atoms with Crippen LogP contribution in [0, 0.1) is 0 Å². The average molecular weight is 447 g/mol. The number of nitrogens with zero attached hydrogens (tertiary/aromatic N) is 1. The maximum absolute atomic E-state index is 13.1. The zero-order valence-corrected chi connectivity index (χ0v) is 18.0. The third-order valence-corrected chi connectivity index (χ3v) is 6.43. The first-order valence-corrected chi connectivity index (χ1v) is 11.5. The molecule has 1 atom stereocenters. The Kier molecular flexibility index (Phi) is 6.16. The van der Waals surface area contributed by atoms with Gasteiger partial charge >= 0.3 is 0 Å². The van der Waals surface area contributed by atoms with Gasteiger partial charge in [-0.3, -0.25) is 4.79 Å². The first-order valence-electron chi connectivity index (χ1n) is 9.97.